The Kier molecular flexibility index (Phi) is 7.61. The Morgan fingerprint density at radius 1 is 1.07 bits per heavy atom. The quantitative estimate of drug-likeness (QED) is 0.547. The van der Waals surface area contributed by atoms with Crippen LogP contribution in [0.25, 0.3) is 0 Å². The zero-order valence-corrected chi connectivity index (χ0v) is 17.2. The highest BCUT2D eigenvalue weighted by Gasteiger charge is 2.29. The summed E-state index contributed by atoms with van der Waals surface area (Å²) in [4.78, 5) is 16.8. The molecule has 3 rings (SSSR count). The Balaban J connectivity index is 1.70. The lowest BCUT2D eigenvalue weighted by atomic mass is 9.96. The summed E-state index contributed by atoms with van der Waals surface area (Å²) >= 11 is 0. The van der Waals surface area contributed by atoms with Gasteiger partial charge in [-0.05, 0) is 18.1 Å². The molecule has 0 bridgehead atoms. The number of nitrogens with zero attached hydrogens (tertiary/aromatic N) is 3. The van der Waals surface area contributed by atoms with Crippen LogP contribution in [0.15, 0.2) is 72.4 Å². The molecule has 1 unspecified atom stereocenters. The Morgan fingerprint density at radius 3 is 2.07 bits per heavy atom. The molecular weight excluding hydrogens is 376 g/mol. The van der Waals surface area contributed by atoms with Crippen LogP contribution in [0.1, 0.15) is 24.1 Å². The van der Waals surface area contributed by atoms with Crippen LogP contribution in [-0.4, -0.2) is 59.6 Å². The topological polar surface area (TPSA) is 79.6 Å². The highest BCUT2D eigenvalue weighted by molar-refractivity contribution is 5.97. The Morgan fingerprint density at radius 2 is 1.60 bits per heavy atom. The predicted molar refractivity (Wildman–Crippen MR) is 116 cm³/mol. The maximum atomic E-state index is 12.7. The summed E-state index contributed by atoms with van der Waals surface area (Å²) in [5, 5.41) is 21.5. The van der Waals surface area contributed by atoms with Gasteiger partial charge in [-0.2, -0.15) is 5.26 Å². The second kappa shape index (κ2) is 10.6. The van der Waals surface area contributed by atoms with E-state index in [4.69, 9.17) is 0 Å². The highest BCUT2D eigenvalue weighted by atomic mass is 16.3. The number of hydrogen-bond donors (Lipinski definition) is 2. The van der Waals surface area contributed by atoms with Gasteiger partial charge in [0.25, 0.3) is 5.91 Å². The lowest BCUT2D eigenvalue weighted by molar-refractivity contribution is -0.128. The van der Waals surface area contributed by atoms with Gasteiger partial charge in [-0.3, -0.25) is 9.69 Å². The van der Waals surface area contributed by atoms with Crippen molar-refractivity contribution in [3.8, 4) is 6.07 Å². The SMILES string of the molecule is CC(O)CN/C=C(/C#N)C(=O)N1CCN(C(c2ccccc2)c2ccccc2)CC1. The average Bonchev–Trinajstić information content (AvgIpc) is 2.78. The first-order chi connectivity index (χ1) is 14.6. The van der Waals surface area contributed by atoms with Gasteiger partial charge in [-0.25, -0.2) is 0 Å². The number of carbonyl (C=O) groups excluding carboxylic acids is 1. The van der Waals surface area contributed by atoms with E-state index in [-0.39, 0.29) is 17.5 Å². The molecule has 1 heterocycles. The van der Waals surface area contributed by atoms with E-state index < -0.39 is 6.10 Å². The first kappa shape index (κ1) is 21.6. The van der Waals surface area contributed by atoms with Crippen molar-refractivity contribution in [3.63, 3.8) is 0 Å². The first-order valence-electron chi connectivity index (χ1n) is 10.2. The summed E-state index contributed by atoms with van der Waals surface area (Å²) in [5.41, 5.74) is 2.51. The number of rotatable bonds is 7. The van der Waals surface area contributed by atoms with Gasteiger partial charge in [0.05, 0.1) is 12.1 Å². The van der Waals surface area contributed by atoms with Crippen molar-refractivity contribution in [1.82, 2.24) is 15.1 Å². The number of piperazine rings is 1. The van der Waals surface area contributed by atoms with Crippen LogP contribution in [-0.2, 0) is 4.79 Å². The molecule has 1 fully saturated rings. The Hall–Kier alpha value is -3.14. The maximum absolute atomic E-state index is 12.7. The molecule has 0 saturated carbocycles. The number of benzene rings is 2. The smallest absolute Gasteiger partial charge is 0.266 e. The molecule has 0 aromatic heterocycles. The summed E-state index contributed by atoms with van der Waals surface area (Å²) < 4.78 is 0. The summed E-state index contributed by atoms with van der Waals surface area (Å²) in [5.74, 6) is -0.272. The van der Waals surface area contributed by atoms with Crippen LogP contribution in [0.4, 0.5) is 0 Å². The molecule has 6 heteroatoms. The number of carbonyl (C=O) groups is 1. The summed E-state index contributed by atoms with van der Waals surface area (Å²) in [6, 6.07) is 22.9. The Labute approximate surface area is 178 Å². The van der Waals surface area contributed by atoms with E-state index in [9.17, 15) is 15.2 Å². The molecule has 1 atom stereocenters. The average molecular weight is 405 g/mol. The van der Waals surface area contributed by atoms with Crippen LogP contribution < -0.4 is 5.32 Å². The molecule has 156 valence electrons. The highest BCUT2D eigenvalue weighted by Crippen LogP contribution is 2.29. The maximum Gasteiger partial charge on any atom is 0.266 e. The van der Waals surface area contributed by atoms with Gasteiger partial charge < -0.3 is 15.3 Å². The summed E-state index contributed by atoms with van der Waals surface area (Å²) in [7, 11) is 0. The van der Waals surface area contributed by atoms with Gasteiger partial charge in [0.15, 0.2) is 0 Å². The molecule has 2 aromatic carbocycles. The van der Waals surface area contributed by atoms with Gasteiger partial charge in [-0.1, -0.05) is 60.7 Å². The van der Waals surface area contributed by atoms with Crippen LogP contribution >= 0.6 is 0 Å². The molecular formula is C24H28N4O2. The number of aliphatic hydroxyl groups excluding tert-OH is 1. The van der Waals surface area contributed by atoms with Crippen LogP contribution in [0.3, 0.4) is 0 Å². The molecule has 30 heavy (non-hydrogen) atoms. The molecule has 0 aliphatic carbocycles. The summed E-state index contributed by atoms with van der Waals surface area (Å²) in [6.45, 7) is 4.50. The fourth-order valence-electron chi connectivity index (χ4n) is 3.71. The normalized spacial score (nSPS) is 16.2. The summed E-state index contributed by atoms with van der Waals surface area (Å²) in [6.07, 6.45) is 0.853. The van der Waals surface area contributed by atoms with E-state index >= 15 is 0 Å². The third-order valence-electron chi connectivity index (χ3n) is 5.21. The van der Waals surface area contributed by atoms with Crippen molar-refractivity contribution in [3.05, 3.63) is 83.6 Å². The lowest BCUT2D eigenvalue weighted by Crippen LogP contribution is -2.50. The van der Waals surface area contributed by atoms with Gasteiger partial charge in [-0.15, -0.1) is 0 Å². The molecule has 1 amide bonds. The fraction of sp³-hybridized carbons (Fsp3) is 0.333. The number of nitrogens with one attached hydrogen (secondary N) is 1. The number of aliphatic hydroxyl groups is 1. The van der Waals surface area contributed by atoms with Gasteiger partial charge in [0.2, 0.25) is 0 Å². The lowest BCUT2D eigenvalue weighted by Gasteiger charge is -2.39. The number of nitriles is 1. The third kappa shape index (κ3) is 5.47. The van der Waals surface area contributed by atoms with Crippen LogP contribution in [0.5, 0.6) is 0 Å². The second-order valence-corrected chi connectivity index (χ2v) is 7.48. The van der Waals surface area contributed by atoms with Crippen molar-refractivity contribution < 1.29 is 9.90 Å². The third-order valence-corrected chi connectivity index (χ3v) is 5.21. The van der Waals surface area contributed by atoms with E-state index in [0.29, 0.717) is 19.6 Å². The van der Waals surface area contributed by atoms with Crippen LogP contribution in [0, 0.1) is 11.3 Å². The molecule has 2 aromatic rings. The van der Waals surface area contributed by atoms with Crippen LogP contribution in [0.2, 0.25) is 0 Å². The van der Waals surface area contributed by atoms with Crippen molar-refractivity contribution in [2.24, 2.45) is 0 Å². The van der Waals surface area contributed by atoms with E-state index in [1.807, 2.05) is 18.2 Å². The van der Waals surface area contributed by atoms with Gasteiger partial charge >= 0.3 is 0 Å². The minimum Gasteiger partial charge on any atom is -0.392 e. The molecule has 2 N–H and O–H groups in total. The monoisotopic (exact) mass is 404 g/mol. The van der Waals surface area contributed by atoms with Crippen molar-refractivity contribution in [1.29, 1.82) is 5.26 Å². The fourth-order valence-corrected chi connectivity index (χ4v) is 3.71. The molecule has 1 aliphatic heterocycles. The number of amides is 1. The Bertz CT molecular complexity index is 843. The second-order valence-electron chi connectivity index (χ2n) is 7.48. The molecule has 0 radical (unpaired) electrons. The largest absolute Gasteiger partial charge is 0.392 e. The van der Waals surface area contributed by atoms with E-state index in [0.717, 1.165) is 13.1 Å². The number of hydrogen-bond acceptors (Lipinski definition) is 5. The van der Waals surface area contributed by atoms with Gasteiger partial charge in [0.1, 0.15) is 11.6 Å². The van der Waals surface area contributed by atoms with Crippen molar-refractivity contribution >= 4 is 5.91 Å². The zero-order chi connectivity index (χ0) is 21.3. The van der Waals surface area contributed by atoms with Crippen molar-refractivity contribution in [2.45, 2.75) is 19.1 Å². The molecule has 1 aliphatic rings. The molecule has 1 saturated heterocycles. The molecule has 0 spiro atoms. The van der Waals surface area contributed by atoms with E-state index in [1.165, 1.54) is 17.3 Å². The molecule has 6 nitrogen and oxygen atoms in total. The van der Waals surface area contributed by atoms with E-state index in [1.54, 1.807) is 11.8 Å². The predicted octanol–water partition coefficient (Wildman–Crippen LogP) is 2.30. The standard InChI is InChI=1S/C24H28N4O2/c1-19(29)17-26-18-22(16-25)24(30)28-14-12-27(13-15-28)23(20-8-4-2-5-9-20)21-10-6-3-7-11-21/h2-11,18-19,23,26,29H,12-15,17H2,1H3/b22-18-. The first-order valence-corrected chi connectivity index (χ1v) is 10.2. The minimum absolute atomic E-state index is 0.0618. The van der Waals surface area contributed by atoms with Crippen molar-refractivity contribution in [2.75, 3.05) is 32.7 Å². The zero-order valence-electron chi connectivity index (χ0n) is 17.2. The van der Waals surface area contributed by atoms with Gasteiger partial charge in [0, 0.05) is 38.9 Å². The minimum atomic E-state index is -0.548. The van der Waals surface area contributed by atoms with E-state index in [2.05, 4.69) is 58.7 Å².